The lowest BCUT2D eigenvalue weighted by Gasteiger charge is -2.28. The minimum absolute atomic E-state index is 0.202. The standard InChI is InChI=1S/C14H20FNO2/c1-17-13-3-2-4-14(8-13)18-9-10-5-11(15)7-12(16)6-10/h5-7,13-14H,2-4,8-9,16H2,1H3. The molecule has 1 aromatic carbocycles. The molecule has 0 amide bonds. The Labute approximate surface area is 107 Å². The molecule has 0 saturated heterocycles. The number of ether oxygens (including phenoxy) is 2. The van der Waals surface area contributed by atoms with Gasteiger partial charge in [0.1, 0.15) is 5.82 Å². The second-order valence-electron chi connectivity index (χ2n) is 4.85. The number of hydrogen-bond donors (Lipinski definition) is 1. The number of methoxy groups -OCH3 is 1. The third-order valence-corrected chi connectivity index (χ3v) is 3.38. The summed E-state index contributed by atoms with van der Waals surface area (Å²) in [7, 11) is 1.74. The lowest BCUT2D eigenvalue weighted by molar-refractivity contribution is -0.0363. The minimum Gasteiger partial charge on any atom is -0.399 e. The van der Waals surface area contributed by atoms with Crippen molar-refractivity contribution >= 4 is 5.69 Å². The van der Waals surface area contributed by atoms with E-state index in [0.717, 1.165) is 31.2 Å². The van der Waals surface area contributed by atoms with Crippen molar-refractivity contribution in [1.29, 1.82) is 0 Å². The van der Waals surface area contributed by atoms with Gasteiger partial charge in [-0.25, -0.2) is 4.39 Å². The van der Waals surface area contributed by atoms with Crippen LogP contribution in [0.2, 0.25) is 0 Å². The van der Waals surface area contributed by atoms with Crippen LogP contribution in [0.4, 0.5) is 10.1 Å². The van der Waals surface area contributed by atoms with Crippen molar-refractivity contribution in [3.63, 3.8) is 0 Å². The SMILES string of the molecule is COC1CCCC(OCc2cc(N)cc(F)c2)C1. The van der Waals surface area contributed by atoms with Crippen molar-refractivity contribution in [2.24, 2.45) is 0 Å². The molecular formula is C14H20FNO2. The lowest BCUT2D eigenvalue weighted by atomic mass is 9.95. The van der Waals surface area contributed by atoms with Crippen LogP contribution in [0.5, 0.6) is 0 Å². The molecule has 1 fully saturated rings. The van der Waals surface area contributed by atoms with E-state index < -0.39 is 0 Å². The van der Waals surface area contributed by atoms with Gasteiger partial charge in [0.2, 0.25) is 0 Å². The number of halogens is 1. The van der Waals surface area contributed by atoms with Gasteiger partial charge in [-0.05, 0) is 49.4 Å². The number of nitrogens with two attached hydrogens (primary N) is 1. The van der Waals surface area contributed by atoms with E-state index >= 15 is 0 Å². The van der Waals surface area contributed by atoms with Gasteiger partial charge in [-0.3, -0.25) is 0 Å². The fraction of sp³-hybridized carbons (Fsp3) is 0.571. The van der Waals surface area contributed by atoms with Crippen LogP contribution in [0.3, 0.4) is 0 Å². The van der Waals surface area contributed by atoms with Gasteiger partial charge in [0, 0.05) is 12.8 Å². The molecule has 3 nitrogen and oxygen atoms in total. The second-order valence-corrected chi connectivity index (χ2v) is 4.85. The first-order valence-corrected chi connectivity index (χ1v) is 6.36. The molecule has 4 heteroatoms. The highest BCUT2D eigenvalue weighted by Crippen LogP contribution is 2.24. The van der Waals surface area contributed by atoms with Crippen LogP contribution in [0.1, 0.15) is 31.2 Å². The average molecular weight is 253 g/mol. The molecule has 2 rings (SSSR count). The molecule has 0 heterocycles. The first-order valence-electron chi connectivity index (χ1n) is 6.36. The molecule has 1 saturated carbocycles. The number of rotatable bonds is 4. The van der Waals surface area contributed by atoms with Crippen LogP contribution in [-0.2, 0) is 16.1 Å². The van der Waals surface area contributed by atoms with Crippen molar-refractivity contribution < 1.29 is 13.9 Å². The number of nitrogen functional groups attached to an aromatic ring is 1. The summed E-state index contributed by atoms with van der Waals surface area (Å²) in [5.74, 6) is -0.313. The summed E-state index contributed by atoms with van der Waals surface area (Å²) in [5.41, 5.74) is 6.82. The molecule has 1 aliphatic carbocycles. The Morgan fingerprint density at radius 2 is 2.06 bits per heavy atom. The van der Waals surface area contributed by atoms with Gasteiger partial charge in [-0.2, -0.15) is 0 Å². The molecule has 100 valence electrons. The average Bonchev–Trinajstić information content (AvgIpc) is 2.35. The molecule has 1 aromatic rings. The molecule has 18 heavy (non-hydrogen) atoms. The third-order valence-electron chi connectivity index (χ3n) is 3.38. The topological polar surface area (TPSA) is 44.5 Å². The van der Waals surface area contributed by atoms with Crippen LogP contribution < -0.4 is 5.73 Å². The molecule has 0 aromatic heterocycles. The van der Waals surface area contributed by atoms with Crippen molar-refractivity contribution in [1.82, 2.24) is 0 Å². The first-order chi connectivity index (χ1) is 8.67. The number of benzene rings is 1. The predicted molar refractivity (Wildman–Crippen MR) is 68.7 cm³/mol. The number of hydrogen-bond acceptors (Lipinski definition) is 3. The summed E-state index contributed by atoms with van der Waals surface area (Å²) in [6.07, 6.45) is 4.68. The fourth-order valence-electron chi connectivity index (χ4n) is 2.44. The Bertz CT molecular complexity index is 377. The minimum atomic E-state index is -0.313. The van der Waals surface area contributed by atoms with E-state index in [1.54, 1.807) is 13.2 Å². The quantitative estimate of drug-likeness (QED) is 0.839. The summed E-state index contributed by atoms with van der Waals surface area (Å²) < 4.78 is 24.3. The van der Waals surface area contributed by atoms with E-state index in [0.29, 0.717) is 18.4 Å². The normalized spacial score (nSPS) is 24.1. The second kappa shape index (κ2) is 6.16. The van der Waals surface area contributed by atoms with Gasteiger partial charge < -0.3 is 15.2 Å². The van der Waals surface area contributed by atoms with E-state index in [9.17, 15) is 4.39 Å². The Morgan fingerprint density at radius 3 is 2.78 bits per heavy atom. The Balaban J connectivity index is 1.87. The van der Waals surface area contributed by atoms with Gasteiger partial charge in [-0.1, -0.05) is 0 Å². The van der Waals surface area contributed by atoms with Crippen LogP contribution in [0.25, 0.3) is 0 Å². The monoisotopic (exact) mass is 253 g/mol. The predicted octanol–water partition coefficient (Wildman–Crippen LogP) is 2.88. The zero-order chi connectivity index (χ0) is 13.0. The van der Waals surface area contributed by atoms with E-state index in [-0.39, 0.29) is 11.9 Å². The zero-order valence-corrected chi connectivity index (χ0v) is 10.7. The largest absolute Gasteiger partial charge is 0.399 e. The lowest BCUT2D eigenvalue weighted by Crippen LogP contribution is -2.27. The third kappa shape index (κ3) is 3.68. The van der Waals surface area contributed by atoms with Crippen molar-refractivity contribution in [2.75, 3.05) is 12.8 Å². The maximum atomic E-state index is 13.2. The van der Waals surface area contributed by atoms with Gasteiger partial charge in [0.15, 0.2) is 0 Å². The van der Waals surface area contributed by atoms with Gasteiger partial charge in [0.05, 0.1) is 18.8 Å². The highest BCUT2D eigenvalue weighted by Gasteiger charge is 2.22. The van der Waals surface area contributed by atoms with Gasteiger partial charge in [-0.15, -0.1) is 0 Å². The van der Waals surface area contributed by atoms with Crippen LogP contribution in [-0.4, -0.2) is 19.3 Å². The zero-order valence-electron chi connectivity index (χ0n) is 10.7. The smallest absolute Gasteiger partial charge is 0.125 e. The van der Waals surface area contributed by atoms with Crippen molar-refractivity contribution in [2.45, 2.75) is 44.5 Å². The van der Waals surface area contributed by atoms with Crippen molar-refractivity contribution in [3.8, 4) is 0 Å². The molecule has 2 atom stereocenters. The molecule has 0 spiro atoms. The van der Waals surface area contributed by atoms with Gasteiger partial charge >= 0.3 is 0 Å². The summed E-state index contributed by atoms with van der Waals surface area (Å²) >= 11 is 0. The molecule has 0 radical (unpaired) electrons. The van der Waals surface area contributed by atoms with E-state index in [1.807, 2.05) is 0 Å². The highest BCUT2D eigenvalue weighted by atomic mass is 19.1. The molecule has 2 unspecified atom stereocenters. The van der Waals surface area contributed by atoms with Crippen LogP contribution >= 0.6 is 0 Å². The Kier molecular flexibility index (Phi) is 4.55. The maximum Gasteiger partial charge on any atom is 0.125 e. The molecule has 2 N–H and O–H groups in total. The first kappa shape index (κ1) is 13.3. The van der Waals surface area contributed by atoms with E-state index in [2.05, 4.69) is 0 Å². The molecule has 0 bridgehead atoms. The molecular weight excluding hydrogens is 233 g/mol. The highest BCUT2D eigenvalue weighted by molar-refractivity contribution is 5.41. The fourth-order valence-corrected chi connectivity index (χ4v) is 2.44. The maximum absolute atomic E-state index is 13.2. The summed E-state index contributed by atoms with van der Waals surface area (Å²) in [5, 5.41) is 0. The summed E-state index contributed by atoms with van der Waals surface area (Å²) in [6.45, 7) is 0.406. The van der Waals surface area contributed by atoms with Crippen LogP contribution in [0, 0.1) is 5.82 Å². The van der Waals surface area contributed by atoms with Crippen LogP contribution in [0.15, 0.2) is 18.2 Å². The summed E-state index contributed by atoms with van der Waals surface area (Å²) in [6, 6.07) is 4.53. The van der Waals surface area contributed by atoms with Crippen molar-refractivity contribution in [3.05, 3.63) is 29.6 Å². The Morgan fingerprint density at radius 1 is 1.28 bits per heavy atom. The Hall–Kier alpha value is -1.13. The van der Waals surface area contributed by atoms with E-state index in [1.165, 1.54) is 12.1 Å². The molecule has 1 aliphatic rings. The van der Waals surface area contributed by atoms with E-state index in [4.69, 9.17) is 15.2 Å². The number of anilines is 1. The summed E-state index contributed by atoms with van der Waals surface area (Å²) in [4.78, 5) is 0. The molecule has 0 aliphatic heterocycles. The van der Waals surface area contributed by atoms with Gasteiger partial charge in [0.25, 0.3) is 0 Å².